The molecular formula is C23H49N11O2. The van der Waals surface area contributed by atoms with Crippen LogP contribution < -0.4 is 42.5 Å². The van der Waals surface area contributed by atoms with E-state index in [-0.39, 0.29) is 30.1 Å². The number of azide groups is 1. The van der Waals surface area contributed by atoms with E-state index in [0.717, 1.165) is 45.8 Å². The average molecular weight is 512 g/mol. The lowest BCUT2D eigenvalue weighted by Gasteiger charge is -2.36. The summed E-state index contributed by atoms with van der Waals surface area (Å²) in [4.78, 5) is 27.5. The van der Waals surface area contributed by atoms with Gasteiger partial charge in [0.15, 0.2) is 0 Å². The standard InChI is InChI=1S/C23H49N11O2/c1-22(14-25-2)15-27-10-12-29-18-23(17-26-3,19-30-13-11-28-16-22)33-21(36)7-4-6-20(35)31-8-5-9-32-34-24/h25-30H,4-19H2,1-3H3,(H,31,35)(H,33,36)/t22-,23-. The van der Waals surface area contributed by atoms with E-state index in [2.05, 4.69) is 59.5 Å². The second-order valence-electron chi connectivity index (χ2n) is 9.92. The normalized spacial score (nSPS) is 24.2. The molecule has 0 aromatic rings. The molecule has 0 saturated carbocycles. The fourth-order valence-electron chi connectivity index (χ4n) is 4.34. The molecule has 0 aromatic carbocycles. The monoisotopic (exact) mass is 511 g/mol. The van der Waals surface area contributed by atoms with Crippen molar-refractivity contribution in [1.29, 1.82) is 0 Å². The molecule has 8 N–H and O–H groups in total. The van der Waals surface area contributed by atoms with E-state index in [1.54, 1.807) is 0 Å². The highest BCUT2D eigenvalue weighted by Gasteiger charge is 2.31. The Kier molecular flexibility index (Phi) is 17.1. The van der Waals surface area contributed by atoms with Crippen molar-refractivity contribution in [3.63, 3.8) is 0 Å². The molecule has 1 aliphatic heterocycles. The molecule has 2 amide bonds. The number of hydrogen-bond donors (Lipinski definition) is 8. The van der Waals surface area contributed by atoms with Crippen LogP contribution in [0.15, 0.2) is 5.11 Å². The number of nitrogens with zero attached hydrogens (tertiary/aromatic N) is 3. The number of hydrogen-bond acceptors (Lipinski definition) is 9. The molecule has 0 unspecified atom stereocenters. The smallest absolute Gasteiger partial charge is 0.220 e. The highest BCUT2D eigenvalue weighted by molar-refractivity contribution is 5.79. The molecule has 0 atom stereocenters. The summed E-state index contributed by atoms with van der Waals surface area (Å²) in [7, 11) is 3.87. The molecule has 1 aliphatic rings. The summed E-state index contributed by atoms with van der Waals surface area (Å²) in [5.41, 5.74) is 7.91. The van der Waals surface area contributed by atoms with Crippen molar-refractivity contribution in [2.75, 3.05) is 92.6 Å². The van der Waals surface area contributed by atoms with Crippen LogP contribution in [0.4, 0.5) is 0 Å². The van der Waals surface area contributed by atoms with E-state index in [4.69, 9.17) is 5.53 Å². The third kappa shape index (κ3) is 14.5. The largest absolute Gasteiger partial charge is 0.356 e. The molecule has 1 fully saturated rings. The maximum Gasteiger partial charge on any atom is 0.220 e. The van der Waals surface area contributed by atoms with Gasteiger partial charge in [0, 0.05) is 102 Å². The van der Waals surface area contributed by atoms with Crippen LogP contribution >= 0.6 is 0 Å². The van der Waals surface area contributed by atoms with Crippen LogP contribution in [0.3, 0.4) is 0 Å². The summed E-state index contributed by atoms with van der Waals surface area (Å²) in [6, 6.07) is 0. The van der Waals surface area contributed by atoms with E-state index < -0.39 is 5.54 Å². The van der Waals surface area contributed by atoms with Crippen molar-refractivity contribution in [2.24, 2.45) is 10.5 Å². The molecule has 1 rings (SSSR count). The molecule has 1 saturated heterocycles. The summed E-state index contributed by atoms with van der Waals surface area (Å²) >= 11 is 0. The first-order chi connectivity index (χ1) is 17.4. The summed E-state index contributed by atoms with van der Waals surface area (Å²) in [6.45, 7) is 11.0. The molecule has 36 heavy (non-hydrogen) atoms. The molecule has 0 aromatic heterocycles. The fourth-order valence-corrected chi connectivity index (χ4v) is 4.34. The van der Waals surface area contributed by atoms with Crippen molar-refractivity contribution >= 4 is 11.8 Å². The molecule has 0 spiro atoms. The van der Waals surface area contributed by atoms with Gasteiger partial charge in [-0.25, -0.2) is 0 Å². The summed E-state index contributed by atoms with van der Waals surface area (Å²) in [5.74, 6) is -0.161. The van der Waals surface area contributed by atoms with Gasteiger partial charge < -0.3 is 42.5 Å². The van der Waals surface area contributed by atoms with Crippen LogP contribution in [-0.4, -0.2) is 110 Å². The van der Waals surface area contributed by atoms with Crippen LogP contribution in [0.1, 0.15) is 32.6 Å². The van der Waals surface area contributed by atoms with E-state index in [1.807, 2.05) is 14.1 Å². The molecule has 0 radical (unpaired) electrons. The Morgan fingerprint density at radius 1 is 0.861 bits per heavy atom. The van der Waals surface area contributed by atoms with Crippen LogP contribution in [0.25, 0.3) is 10.4 Å². The van der Waals surface area contributed by atoms with Gasteiger partial charge in [-0.05, 0) is 32.5 Å². The van der Waals surface area contributed by atoms with Crippen LogP contribution in [0, 0.1) is 5.41 Å². The molecule has 0 aliphatic carbocycles. The summed E-state index contributed by atoms with van der Waals surface area (Å²) in [5, 5.41) is 30.1. The summed E-state index contributed by atoms with van der Waals surface area (Å²) < 4.78 is 0. The van der Waals surface area contributed by atoms with Crippen LogP contribution in [0.2, 0.25) is 0 Å². The van der Waals surface area contributed by atoms with Gasteiger partial charge in [0.05, 0.1) is 5.54 Å². The minimum absolute atomic E-state index is 0.0646. The van der Waals surface area contributed by atoms with E-state index in [0.29, 0.717) is 45.6 Å². The van der Waals surface area contributed by atoms with Gasteiger partial charge in [0.2, 0.25) is 11.8 Å². The number of amides is 2. The van der Waals surface area contributed by atoms with Gasteiger partial charge in [0.1, 0.15) is 0 Å². The third-order valence-electron chi connectivity index (χ3n) is 6.14. The molecule has 0 bridgehead atoms. The Hall–Kier alpha value is -1.99. The van der Waals surface area contributed by atoms with Gasteiger partial charge in [-0.15, -0.1) is 0 Å². The maximum absolute atomic E-state index is 12.8. The third-order valence-corrected chi connectivity index (χ3v) is 6.14. The molecular weight excluding hydrogens is 462 g/mol. The van der Waals surface area contributed by atoms with Crippen molar-refractivity contribution < 1.29 is 9.59 Å². The molecule has 1 heterocycles. The predicted octanol–water partition coefficient (Wildman–Crippen LogP) is -1.35. The first kappa shape index (κ1) is 32.0. The van der Waals surface area contributed by atoms with Gasteiger partial charge in [-0.1, -0.05) is 12.0 Å². The zero-order valence-electron chi connectivity index (χ0n) is 22.5. The lowest BCUT2D eigenvalue weighted by molar-refractivity contribution is -0.123. The average Bonchev–Trinajstić information content (AvgIpc) is 2.83. The minimum atomic E-state index is -0.486. The first-order valence-corrected chi connectivity index (χ1v) is 13.1. The van der Waals surface area contributed by atoms with Gasteiger partial charge >= 0.3 is 0 Å². The topological polar surface area (TPSA) is 179 Å². The second-order valence-corrected chi connectivity index (χ2v) is 9.92. The van der Waals surface area contributed by atoms with Crippen molar-refractivity contribution in [1.82, 2.24) is 42.5 Å². The SMILES string of the molecule is CNC[C@]1(C)CNCCNC[C@@](CNC)(NC(=O)CCCC(=O)NCCCN=[N+]=[N-])CNCCNC1. The zero-order valence-corrected chi connectivity index (χ0v) is 22.5. The quantitative estimate of drug-likeness (QED) is 0.0646. The van der Waals surface area contributed by atoms with Crippen molar-refractivity contribution in [3.8, 4) is 0 Å². The lowest BCUT2D eigenvalue weighted by Crippen LogP contribution is -2.65. The predicted molar refractivity (Wildman–Crippen MR) is 144 cm³/mol. The molecule has 208 valence electrons. The Morgan fingerprint density at radius 2 is 1.42 bits per heavy atom. The first-order valence-electron chi connectivity index (χ1n) is 13.1. The maximum atomic E-state index is 12.8. The highest BCUT2D eigenvalue weighted by atomic mass is 16.2. The molecule has 13 heteroatoms. The van der Waals surface area contributed by atoms with Crippen molar-refractivity contribution in [3.05, 3.63) is 10.4 Å². The van der Waals surface area contributed by atoms with Gasteiger partial charge in [-0.3, -0.25) is 9.59 Å². The summed E-state index contributed by atoms with van der Waals surface area (Å²) in [6.07, 6.45) is 1.64. The fraction of sp³-hybridized carbons (Fsp3) is 0.913. The minimum Gasteiger partial charge on any atom is -0.356 e. The van der Waals surface area contributed by atoms with Crippen LogP contribution in [-0.2, 0) is 9.59 Å². The lowest BCUT2D eigenvalue weighted by atomic mass is 9.90. The second kappa shape index (κ2) is 19.2. The number of likely N-dealkylation sites (N-methyl/N-ethyl adjacent to an activating group) is 1. The zero-order chi connectivity index (χ0) is 26.5. The van der Waals surface area contributed by atoms with E-state index in [9.17, 15) is 9.59 Å². The van der Waals surface area contributed by atoms with Crippen LogP contribution in [0.5, 0.6) is 0 Å². The number of carbonyl (C=O) groups is 2. The number of nitrogens with one attached hydrogen (secondary N) is 8. The number of rotatable bonds is 13. The Bertz CT molecular complexity index is 654. The van der Waals surface area contributed by atoms with E-state index >= 15 is 0 Å². The highest BCUT2D eigenvalue weighted by Crippen LogP contribution is 2.12. The number of carbonyl (C=O) groups excluding carboxylic acids is 2. The Balaban J connectivity index is 2.55. The van der Waals surface area contributed by atoms with Gasteiger partial charge in [-0.2, -0.15) is 0 Å². The Labute approximate surface area is 216 Å². The Morgan fingerprint density at radius 3 is 1.97 bits per heavy atom. The van der Waals surface area contributed by atoms with Crippen molar-refractivity contribution in [2.45, 2.75) is 38.1 Å². The molecule has 13 nitrogen and oxygen atoms in total. The van der Waals surface area contributed by atoms with Gasteiger partial charge in [0.25, 0.3) is 0 Å². The van der Waals surface area contributed by atoms with E-state index in [1.165, 1.54) is 0 Å².